The van der Waals surface area contributed by atoms with Gasteiger partial charge in [-0.1, -0.05) is 0 Å². The molecule has 148 valence electrons. The van der Waals surface area contributed by atoms with Gasteiger partial charge in [0, 0.05) is 0 Å². The van der Waals surface area contributed by atoms with E-state index in [2.05, 4.69) is 16.0 Å². The lowest BCUT2D eigenvalue weighted by atomic mass is 10.1. The van der Waals surface area contributed by atoms with Crippen LogP contribution in [0.3, 0.4) is 0 Å². The summed E-state index contributed by atoms with van der Waals surface area (Å²) in [7, 11) is 0. The van der Waals surface area contributed by atoms with E-state index in [1.165, 1.54) is 18.7 Å². The second-order valence-electron chi connectivity index (χ2n) is 5.33. The molecule has 0 radical (unpaired) electrons. The Hall–Kier alpha value is -2.34. The first-order valence-electron chi connectivity index (χ1n) is 7.66. The molecule has 12 heteroatoms. The minimum absolute atomic E-state index is 0.205. The molecule has 0 aliphatic heterocycles. The van der Waals surface area contributed by atoms with Crippen LogP contribution in [0.2, 0.25) is 0 Å². The molecule has 0 saturated carbocycles. The molecule has 0 saturated heterocycles. The standard InChI is InChI=1S/C14H24N4O7S/c1-7(12(22)18-8(14(24)25)3-4-26-2)16-13(23)9(5-11(20)21)17-10(19)6-15/h7-9H,3-6,15H2,1-2H3,(H,16,23)(H,17,19)(H,18,22)(H,20,21)(H,24,25). The summed E-state index contributed by atoms with van der Waals surface area (Å²) in [6, 6.07) is -3.66. The number of rotatable bonds is 12. The van der Waals surface area contributed by atoms with E-state index in [0.29, 0.717) is 5.75 Å². The number of amides is 3. The molecule has 0 rings (SSSR count). The smallest absolute Gasteiger partial charge is 0.326 e. The Morgan fingerprint density at radius 1 is 1.00 bits per heavy atom. The Morgan fingerprint density at radius 2 is 1.62 bits per heavy atom. The first-order valence-corrected chi connectivity index (χ1v) is 9.05. The van der Waals surface area contributed by atoms with Crippen LogP contribution in [0.5, 0.6) is 0 Å². The number of carbonyl (C=O) groups excluding carboxylic acids is 3. The highest BCUT2D eigenvalue weighted by Gasteiger charge is 2.28. The van der Waals surface area contributed by atoms with E-state index in [-0.39, 0.29) is 6.42 Å². The monoisotopic (exact) mass is 392 g/mol. The van der Waals surface area contributed by atoms with Crippen molar-refractivity contribution in [2.75, 3.05) is 18.6 Å². The minimum atomic E-state index is -1.41. The summed E-state index contributed by atoms with van der Waals surface area (Å²) in [6.45, 7) is 0.873. The Bertz CT molecular complexity index is 543. The van der Waals surface area contributed by atoms with Gasteiger partial charge >= 0.3 is 11.9 Å². The zero-order chi connectivity index (χ0) is 20.3. The number of nitrogens with one attached hydrogen (secondary N) is 3. The van der Waals surface area contributed by atoms with Gasteiger partial charge in [0.05, 0.1) is 13.0 Å². The molecule has 7 N–H and O–H groups in total. The predicted octanol–water partition coefficient (Wildman–Crippen LogP) is -2.27. The Labute approximate surface area is 154 Å². The third kappa shape index (κ3) is 9.22. The maximum absolute atomic E-state index is 12.1. The van der Waals surface area contributed by atoms with Gasteiger partial charge in [-0.15, -0.1) is 0 Å². The van der Waals surface area contributed by atoms with Gasteiger partial charge in [-0.05, 0) is 25.4 Å². The summed E-state index contributed by atoms with van der Waals surface area (Å²) in [4.78, 5) is 57.4. The molecule has 11 nitrogen and oxygen atoms in total. The van der Waals surface area contributed by atoms with Crippen molar-refractivity contribution in [3.8, 4) is 0 Å². The molecule has 26 heavy (non-hydrogen) atoms. The Balaban J connectivity index is 4.85. The van der Waals surface area contributed by atoms with Crippen LogP contribution in [-0.2, 0) is 24.0 Å². The molecule has 0 aromatic carbocycles. The van der Waals surface area contributed by atoms with Gasteiger partial charge in [-0.25, -0.2) is 4.79 Å². The number of hydrogen-bond acceptors (Lipinski definition) is 7. The molecule has 3 amide bonds. The Kier molecular flexibility index (Phi) is 11.0. The third-order valence-electron chi connectivity index (χ3n) is 3.19. The van der Waals surface area contributed by atoms with Gasteiger partial charge in [-0.2, -0.15) is 11.8 Å². The number of carboxylic acid groups (broad SMARTS) is 2. The SMILES string of the molecule is CSCCC(NC(=O)C(C)NC(=O)C(CC(=O)O)NC(=O)CN)C(=O)O. The van der Waals surface area contributed by atoms with Crippen LogP contribution in [-0.4, -0.2) is 76.6 Å². The number of carbonyl (C=O) groups is 5. The summed E-state index contributed by atoms with van der Waals surface area (Å²) < 4.78 is 0. The molecule has 0 fully saturated rings. The van der Waals surface area contributed by atoms with Crippen LogP contribution in [0.25, 0.3) is 0 Å². The first-order chi connectivity index (χ1) is 12.1. The summed E-state index contributed by atoms with van der Waals surface area (Å²) in [6.07, 6.45) is 1.30. The fourth-order valence-electron chi connectivity index (χ4n) is 1.81. The number of carboxylic acids is 2. The average molecular weight is 392 g/mol. The van der Waals surface area contributed by atoms with Gasteiger partial charge in [0.1, 0.15) is 18.1 Å². The van der Waals surface area contributed by atoms with Gasteiger partial charge in [-0.3, -0.25) is 19.2 Å². The van der Waals surface area contributed by atoms with Crippen molar-refractivity contribution >= 4 is 41.4 Å². The molecule has 3 atom stereocenters. The van der Waals surface area contributed by atoms with Crippen molar-refractivity contribution < 1.29 is 34.2 Å². The maximum Gasteiger partial charge on any atom is 0.326 e. The molecular formula is C14H24N4O7S. The van der Waals surface area contributed by atoms with Crippen molar-refractivity contribution in [1.29, 1.82) is 0 Å². The number of aliphatic carboxylic acids is 2. The summed E-state index contributed by atoms with van der Waals surface area (Å²) in [5.74, 6) is -4.39. The second kappa shape index (κ2) is 12.1. The second-order valence-corrected chi connectivity index (χ2v) is 6.32. The van der Waals surface area contributed by atoms with Crippen LogP contribution in [0.15, 0.2) is 0 Å². The molecule has 0 aliphatic rings. The van der Waals surface area contributed by atoms with E-state index < -0.39 is 60.8 Å². The van der Waals surface area contributed by atoms with E-state index in [1.807, 2.05) is 0 Å². The predicted molar refractivity (Wildman–Crippen MR) is 93.4 cm³/mol. The highest BCUT2D eigenvalue weighted by Crippen LogP contribution is 2.02. The zero-order valence-electron chi connectivity index (χ0n) is 14.5. The van der Waals surface area contributed by atoms with Crippen LogP contribution in [0, 0.1) is 0 Å². The summed E-state index contributed by atoms with van der Waals surface area (Å²) in [5.41, 5.74) is 5.11. The molecule has 3 unspecified atom stereocenters. The third-order valence-corrected chi connectivity index (χ3v) is 3.84. The van der Waals surface area contributed by atoms with Crippen LogP contribution >= 0.6 is 11.8 Å². The topological polar surface area (TPSA) is 188 Å². The lowest BCUT2D eigenvalue weighted by Crippen LogP contribution is -2.55. The highest BCUT2D eigenvalue weighted by molar-refractivity contribution is 7.98. The molecule has 0 bridgehead atoms. The van der Waals surface area contributed by atoms with Crippen molar-refractivity contribution in [3.63, 3.8) is 0 Å². The minimum Gasteiger partial charge on any atom is -0.481 e. The van der Waals surface area contributed by atoms with E-state index >= 15 is 0 Å². The quantitative estimate of drug-likeness (QED) is 0.213. The van der Waals surface area contributed by atoms with E-state index in [0.717, 1.165) is 0 Å². The molecule has 0 aliphatic carbocycles. The Morgan fingerprint density at radius 3 is 2.08 bits per heavy atom. The fourth-order valence-corrected chi connectivity index (χ4v) is 2.28. The van der Waals surface area contributed by atoms with Gasteiger partial charge in [0.25, 0.3) is 0 Å². The maximum atomic E-state index is 12.1. The van der Waals surface area contributed by atoms with Crippen LogP contribution in [0.4, 0.5) is 0 Å². The number of nitrogens with two attached hydrogens (primary N) is 1. The molecule has 0 spiro atoms. The summed E-state index contributed by atoms with van der Waals surface area (Å²) in [5, 5.41) is 24.6. The first kappa shape index (κ1) is 23.7. The normalized spacial score (nSPS) is 13.8. The lowest BCUT2D eigenvalue weighted by Gasteiger charge is -2.21. The molecule has 0 aromatic heterocycles. The van der Waals surface area contributed by atoms with Crippen molar-refractivity contribution in [2.24, 2.45) is 5.73 Å². The van der Waals surface area contributed by atoms with Gasteiger partial charge < -0.3 is 31.9 Å². The van der Waals surface area contributed by atoms with Crippen LogP contribution in [0.1, 0.15) is 19.8 Å². The molecular weight excluding hydrogens is 368 g/mol. The molecule has 0 heterocycles. The summed E-state index contributed by atoms with van der Waals surface area (Å²) >= 11 is 1.42. The van der Waals surface area contributed by atoms with E-state index in [9.17, 15) is 24.0 Å². The van der Waals surface area contributed by atoms with Gasteiger partial charge in [0.15, 0.2) is 0 Å². The van der Waals surface area contributed by atoms with Crippen molar-refractivity contribution in [3.05, 3.63) is 0 Å². The zero-order valence-corrected chi connectivity index (χ0v) is 15.3. The average Bonchev–Trinajstić information content (AvgIpc) is 2.56. The van der Waals surface area contributed by atoms with Crippen molar-refractivity contribution in [2.45, 2.75) is 37.9 Å². The van der Waals surface area contributed by atoms with E-state index in [4.69, 9.17) is 15.9 Å². The number of hydrogen-bond donors (Lipinski definition) is 6. The highest BCUT2D eigenvalue weighted by atomic mass is 32.2. The lowest BCUT2D eigenvalue weighted by molar-refractivity contribution is -0.143. The largest absolute Gasteiger partial charge is 0.481 e. The van der Waals surface area contributed by atoms with Crippen LogP contribution < -0.4 is 21.7 Å². The number of thioether (sulfide) groups is 1. The van der Waals surface area contributed by atoms with Gasteiger partial charge in [0.2, 0.25) is 17.7 Å². The molecule has 0 aromatic rings. The van der Waals surface area contributed by atoms with Crippen molar-refractivity contribution in [1.82, 2.24) is 16.0 Å². The van der Waals surface area contributed by atoms with E-state index in [1.54, 1.807) is 6.26 Å². The fraction of sp³-hybridized carbons (Fsp3) is 0.643.